The minimum atomic E-state index is 0.200. The smallest absolute Gasteiger partial charge is 0.147 e. The predicted molar refractivity (Wildman–Crippen MR) is 60.9 cm³/mol. The van der Waals surface area contributed by atoms with E-state index in [0.717, 1.165) is 16.0 Å². The Labute approximate surface area is 92.1 Å². The second kappa shape index (κ2) is 4.82. The molecule has 1 rings (SSSR count). The molecule has 0 aliphatic carbocycles. The Kier molecular flexibility index (Phi) is 4.00. The van der Waals surface area contributed by atoms with Crippen molar-refractivity contribution in [1.82, 2.24) is 0 Å². The summed E-state index contributed by atoms with van der Waals surface area (Å²) in [6.07, 6.45) is 0.500. The van der Waals surface area contributed by atoms with Crippen molar-refractivity contribution in [2.75, 3.05) is 5.33 Å². The normalized spacial score (nSPS) is 10.1. The van der Waals surface area contributed by atoms with Gasteiger partial charge in [-0.05, 0) is 24.1 Å². The van der Waals surface area contributed by atoms with Gasteiger partial charge >= 0.3 is 0 Å². The topological polar surface area (TPSA) is 17.1 Å². The van der Waals surface area contributed by atoms with E-state index in [4.69, 9.17) is 0 Å². The van der Waals surface area contributed by atoms with Gasteiger partial charge in [-0.1, -0.05) is 28.1 Å². The largest absolute Gasteiger partial charge is 0.298 e. The lowest BCUT2D eigenvalue weighted by Crippen LogP contribution is -2.03. The highest BCUT2D eigenvalue weighted by atomic mass is 79.9. The van der Waals surface area contributed by atoms with Crippen molar-refractivity contribution in [3.63, 3.8) is 0 Å². The maximum atomic E-state index is 11.1. The molecule has 3 heteroatoms. The van der Waals surface area contributed by atoms with E-state index in [-0.39, 0.29) is 5.78 Å². The molecule has 0 aromatic heterocycles. The number of halogens is 1. The van der Waals surface area contributed by atoms with Gasteiger partial charge in [0.05, 0.1) is 5.33 Å². The van der Waals surface area contributed by atoms with Crippen molar-refractivity contribution in [2.45, 2.75) is 18.2 Å². The molecule has 0 aliphatic heterocycles. The first kappa shape index (κ1) is 10.8. The number of benzene rings is 1. The third-order valence-electron chi connectivity index (χ3n) is 1.81. The van der Waals surface area contributed by atoms with E-state index in [0.29, 0.717) is 11.8 Å². The maximum Gasteiger partial charge on any atom is 0.147 e. The molecule has 70 valence electrons. The Balaban J connectivity index is 2.79. The van der Waals surface area contributed by atoms with Gasteiger partial charge in [0.1, 0.15) is 5.78 Å². The molecule has 0 radical (unpaired) electrons. The van der Waals surface area contributed by atoms with Crippen LogP contribution in [0, 0.1) is 6.92 Å². The number of hydrogen-bond acceptors (Lipinski definition) is 2. The zero-order valence-corrected chi connectivity index (χ0v) is 9.86. The molecule has 0 bridgehead atoms. The maximum absolute atomic E-state index is 11.1. The Hall–Kier alpha value is -0.280. The first-order chi connectivity index (χ1) is 6.13. The van der Waals surface area contributed by atoms with E-state index >= 15 is 0 Å². The van der Waals surface area contributed by atoms with Crippen molar-refractivity contribution in [3.8, 4) is 0 Å². The minimum absolute atomic E-state index is 0.200. The van der Waals surface area contributed by atoms with Crippen molar-refractivity contribution in [2.24, 2.45) is 0 Å². The van der Waals surface area contributed by atoms with Gasteiger partial charge in [-0.2, -0.15) is 0 Å². The zero-order chi connectivity index (χ0) is 9.84. The Morgan fingerprint density at radius 1 is 1.54 bits per heavy atom. The van der Waals surface area contributed by atoms with Crippen LogP contribution in [-0.2, 0) is 11.2 Å². The van der Waals surface area contributed by atoms with Crippen LogP contribution >= 0.6 is 28.6 Å². The van der Waals surface area contributed by atoms with Gasteiger partial charge in [0.15, 0.2) is 0 Å². The van der Waals surface area contributed by atoms with Crippen LogP contribution in [0.25, 0.3) is 0 Å². The van der Waals surface area contributed by atoms with Crippen LogP contribution in [0.2, 0.25) is 0 Å². The summed E-state index contributed by atoms with van der Waals surface area (Å²) in [5.41, 5.74) is 2.17. The lowest BCUT2D eigenvalue weighted by molar-refractivity contribution is -0.115. The molecule has 0 unspecified atom stereocenters. The Bertz CT molecular complexity index is 323. The molecule has 13 heavy (non-hydrogen) atoms. The molecule has 0 saturated heterocycles. The third-order valence-corrected chi connectivity index (χ3v) is 2.94. The zero-order valence-electron chi connectivity index (χ0n) is 7.38. The monoisotopic (exact) mass is 258 g/mol. The fraction of sp³-hybridized carbons (Fsp3) is 0.300. The molecular formula is C10H11BrOS. The molecule has 0 saturated carbocycles. The average Bonchev–Trinajstić information content (AvgIpc) is 2.11. The van der Waals surface area contributed by atoms with E-state index in [1.165, 1.54) is 0 Å². The molecule has 0 atom stereocenters. The minimum Gasteiger partial charge on any atom is -0.298 e. The van der Waals surface area contributed by atoms with Crippen molar-refractivity contribution >= 4 is 34.3 Å². The van der Waals surface area contributed by atoms with E-state index in [9.17, 15) is 4.79 Å². The van der Waals surface area contributed by atoms with Crippen molar-refractivity contribution in [3.05, 3.63) is 29.3 Å². The van der Waals surface area contributed by atoms with Crippen LogP contribution < -0.4 is 0 Å². The SMILES string of the molecule is Cc1cc(CC(=O)CBr)ccc1S. The molecule has 1 nitrogen and oxygen atoms in total. The van der Waals surface area contributed by atoms with E-state index in [1.807, 2.05) is 25.1 Å². The van der Waals surface area contributed by atoms with Crippen LogP contribution in [0.5, 0.6) is 0 Å². The van der Waals surface area contributed by atoms with Crippen LogP contribution in [0.3, 0.4) is 0 Å². The average molecular weight is 259 g/mol. The first-order valence-electron chi connectivity index (χ1n) is 3.99. The van der Waals surface area contributed by atoms with Crippen LogP contribution in [0.15, 0.2) is 23.1 Å². The Morgan fingerprint density at radius 2 is 2.23 bits per heavy atom. The fourth-order valence-electron chi connectivity index (χ4n) is 1.10. The van der Waals surface area contributed by atoms with Crippen molar-refractivity contribution < 1.29 is 4.79 Å². The van der Waals surface area contributed by atoms with Gasteiger partial charge < -0.3 is 0 Å². The van der Waals surface area contributed by atoms with Gasteiger partial charge in [-0.15, -0.1) is 12.6 Å². The van der Waals surface area contributed by atoms with Gasteiger partial charge in [0.2, 0.25) is 0 Å². The molecule has 0 N–H and O–H groups in total. The molecule has 1 aromatic carbocycles. The number of aryl methyl sites for hydroxylation is 1. The van der Waals surface area contributed by atoms with E-state index < -0.39 is 0 Å². The summed E-state index contributed by atoms with van der Waals surface area (Å²) in [5, 5.41) is 0.425. The van der Waals surface area contributed by atoms with Crippen LogP contribution in [0.4, 0.5) is 0 Å². The molecule has 0 spiro atoms. The van der Waals surface area contributed by atoms with Crippen LogP contribution in [-0.4, -0.2) is 11.1 Å². The summed E-state index contributed by atoms with van der Waals surface area (Å²) < 4.78 is 0. The van der Waals surface area contributed by atoms with E-state index in [2.05, 4.69) is 28.6 Å². The Morgan fingerprint density at radius 3 is 2.77 bits per heavy atom. The van der Waals surface area contributed by atoms with Gasteiger partial charge in [-0.3, -0.25) is 4.79 Å². The number of rotatable bonds is 3. The number of carbonyl (C=O) groups is 1. The summed E-state index contributed by atoms with van der Waals surface area (Å²) in [4.78, 5) is 12.1. The number of Topliss-reactive ketones (excluding diaryl/α,β-unsaturated/α-hetero) is 1. The van der Waals surface area contributed by atoms with E-state index in [1.54, 1.807) is 0 Å². The second-order valence-electron chi connectivity index (χ2n) is 2.97. The van der Waals surface area contributed by atoms with Gasteiger partial charge in [-0.25, -0.2) is 0 Å². The third kappa shape index (κ3) is 3.16. The molecule has 0 fully saturated rings. The first-order valence-corrected chi connectivity index (χ1v) is 5.56. The highest BCUT2D eigenvalue weighted by Crippen LogP contribution is 2.15. The molecule has 0 amide bonds. The summed E-state index contributed by atoms with van der Waals surface area (Å²) in [5.74, 6) is 0.200. The lowest BCUT2D eigenvalue weighted by atomic mass is 10.1. The number of thiol groups is 1. The van der Waals surface area contributed by atoms with Gasteiger partial charge in [0.25, 0.3) is 0 Å². The fourth-order valence-corrected chi connectivity index (χ4v) is 1.44. The standard InChI is InChI=1S/C10H11BrOS/c1-7-4-8(2-3-10(7)13)5-9(12)6-11/h2-4,13H,5-6H2,1H3. The predicted octanol–water partition coefficient (Wildman–Crippen LogP) is 2.79. The second-order valence-corrected chi connectivity index (χ2v) is 4.01. The van der Waals surface area contributed by atoms with Gasteiger partial charge in [0, 0.05) is 11.3 Å². The molecular weight excluding hydrogens is 248 g/mol. The molecule has 0 heterocycles. The molecule has 0 aliphatic rings. The number of alkyl halides is 1. The van der Waals surface area contributed by atoms with Crippen molar-refractivity contribution in [1.29, 1.82) is 0 Å². The summed E-state index contributed by atoms with van der Waals surface area (Å²) in [7, 11) is 0. The number of carbonyl (C=O) groups excluding carboxylic acids is 1. The highest BCUT2D eigenvalue weighted by Gasteiger charge is 2.02. The molecule has 1 aromatic rings. The quantitative estimate of drug-likeness (QED) is 0.652. The lowest BCUT2D eigenvalue weighted by Gasteiger charge is -2.02. The summed E-state index contributed by atoms with van der Waals surface area (Å²) in [6, 6.07) is 5.87. The summed E-state index contributed by atoms with van der Waals surface area (Å²) in [6.45, 7) is 1.99. The highest BCUT2D eigenvalue weighted by molar-refractivity contribution is 9.09. The van der Waals surface area contributed by atoms with Crippen LogP contribution in [0.1, 0.15) is 11.1 Å². The summed E-state index contributed by atoms with van der Waals surface area (Å²) >= 11 is 7.41. The number of ketones is 1. The number of hydrogen-bond donors (Lipinski definition) is 1.